The van der Waals surface area contributed by atoms with E-state index in [0.717, 1.165) is 23.8 Å². The predicted octanol–water partition coefficient (Wildman–Crippen LogP) is -0.571. The van der Waals surface area contributed by atoms with Gasteiger partial charge in [0, 0.05) is 25.7 Å². The Hall–Kier alpha value is -3.29. The van der Waals surface area contributed by atoms with Crippen LogP contribution in [0.1, 0.15) is 16.1 Å². The van der Waals surface area contributed by atoms with Gasteiger partial charge in [0.15, 0.2) is 11.3 Å². The van der Waals surface area contributed by atoms with Crippen LogP contribution in [0.3, 0.4) is 0 Å². The van der Waals surface area contributed by atoms with Crippen molar-refractivity contribution in [2.75, 3.05) is 31.5 Å². The number of aromatic nitrogens is 5. The highest BCUT2D eigenvalue weighted by Crippen LogP contribution is 2.47. The Balaban J connectivity index is 1.41. The van der Waals surface area contributed by atoms with E-state index in [2.05, 4.69) is 30.7 Å². The fourth-order valence-electron chi connectivity index (χ4n) is 3.75. The van der Waals surface area contributed by atoms with Gasteiger partial charge in [-0.3, -0.25) is 14.5 Å². The number of carboxylic acids is 1. The van der Waals surface area contributed by atoms with Gasteiger partial charge >= 0.3 is 11.9 Å². The standard InChI is InChI=1S/C19H21N7O9S3/c1-25-18(21-23-24-25)38-5-8-4-37-17-19(34-3,16(32)26(17)12(8)14(29)30)20-10(27)7-36-6-9-11(15(31)33-2)13(28)22-35-9/h17H,4-7H2,1-3H3,(H,20,27)(H,22,28)(H,29,30)/t17-,19+/m1/s1. The normalized spacial score (nSPS) is 20.7. The van der Waals surface area contributed by atoms with Gasteiger partial charge in [0.05, 0.1) is 18.6 Å². The third kappa shape index (κ3) is 4.93. The largest absolute Gasteiger partial charge is 0.490 e. The molecule has 0 aliphatic carbocycles. The summed E-state index contributed by atoms with van der Waals surface area (Å²) in [5, 5.41) is 36.3. The number of aromatic hydroxyl groups is 1. The number of nitrogens with one attached hydrogen (secondary N) is 1. The van der Waals surface area contributed by atoms with Crippen LogP contribution < -0.4 is 5.32 Å². The summed E-state index contributed by atoms with van der Waals surface area (Å²) < 4.78 is 16.4. The summed E-state index contributed by atoms with van der Waals surface area (Å²) in [6, 6.07) is 0. The molecule has 204 valence electrons. The number of nitrogens with zero attached hydrogens (tertiary/aromatic N) is 6. The highest BCUT2D eigenvalue weighted by atomic mass is 32.2. The van der Waals surface area contributed by atoms with E-state index in [-0.39, 0.29) is 40.0 Å². The van der Waals surface area contributed by atoms with Gasteiger partial charge in [-0.05, 0) is 21.2 Å². The van der Waals surface area contributed by atoms with E-state index in [0.29, 0.717) is 10.7 Å². The van der Waals surface area contributed by atoms with Crippen LogP contribution in [0.15, 0.2) is 20.9 Å². The third-order valence-corrected chi connectivity index (χ3v) is 8.92. The molecule has 19 heteroatoms. The number of hydrogen-bond acceptors (Lipinski definition) is 15. The lowest BCUT2D eigenvalue weighted by molar-refractivity contribution is -0.192. The highest BCUT2D eigenvalue weighted by molar-refractivity contribution is 8.01. The zero-order valence-corrected chi connectivity index (χ0v) is 22.5. The molecule has 0 saturated carbocycles. The molecule has 16 nitrogen and oxygen atoms in total. The number of tetrazole rings is 1. The smallest absolute Gasteiger partial charge is 0.352 e. The number of methoxy groups -OCH3 is 2. The number of carbonyl (C=O) groups excluding carboxylic acids is 3. The molecule has 4 rings (SSSR count). The number of aliphatic carboxylic acids is 1. The highest BCUT2D eigenvalue weighted by Gasteiger charge is 2.66. The zero-order chi connectivity index (χ0) is 27.6. The lowest BCUT2D eigenvalue weighted by Crippen LogP contribution is -2.80. The zero-order valence-electron chi connectivity index (χ0n) is 20.1. The number of esters is 1. The van der Waals surface area contributed by atoms with Crippen LogP contribution in [0.5, 0.6) is 5.88 Å². The Labute approximate surface area is 226 Å². The Kier molecular flexibility index (Phi) is 8.19. The minimum absolute atomic E-state index is 0.00237. The summed E-state index contributed by atoms with van der Waals surface area (Å²) in [5.41, 5.74) is -1.66. The van der Waals surface area contributed by atoms with E-state index in [9.17, 15) is 29.4 Å². The van der Waals surface area contributed by atoms with Gasteiger partial charge in [-0.25, -0.2) is 14.3 Å². The first-order chi connectivity index (χ1) is 18.1. The topological polar surface area (TPSA) is 212 Å². The molecule has 2 aliphatic heterocycles. The Morgan fingerprint density at radius 2 is 2.08 bits per heavy atom. The fourth-order valence-corrected chi connectivity index (χ4v) is 6.92. The summed E-state index contributed by atoms with van der Waals surface area (Å²) in [5.74, 6) is -3.69. The number of amides is 2. The Morgan fingerprint density at radius 3 is 2.71 bits per heavy atom. The van der Waals surface area contributed by atoms with Gasteiger partial charge in [0.25, 0.3) is 17.5 Å². The first-order valence-electron chi connectivity index (χ1n) is 10.6. The lowest BCUT2D eigenvalue weighted by atomic mass is 9.98. The van der Waals surface area contributed by atoms with Crippen LogP contribution in [0, 0.1) is 0 Å². The summed E-state index contributed by atoms with van der Waals surface area (Å²) in [7, 11) is 4.04. The molecule has 1 saturated heterocycles. The van der Waals surface area contributed by atoms with Crippen molar-refractivity contribution in [3.05, 3.63) is 22.6 Å². The van der Waals surface area contributed by atoms with Gasteiger partial charge in [-0.2, -0.15) is 0 Å². The maximum absolute atomic E-state index is 13.2. The molecule has 4 heterocycles. The third-order valence-electron chi connectivity index (χ3n) is 5.52. The summed E-state index contributed by atoms with van der Waals surface area (Å²) in [6.45, 7) is 0. The van der Waals surface area contributed by atoms with Crippen molar-refractivity contribution in [1.29, 1.82) is 0 Å². The van der Waals surface area contributed by atoms with Gasteiger partial charge < -0.3 is 29.5 Å². The SMILES string of the molecule is COC(=O)c1c(O)noc1CSCC(=O)N[C@]1(OC)C(=O)N2C(C(=O)O)=C(CSc3nnnn3C)CS[C@@H]21. The monoisotopic (exact) mass is 587 g/mol. The lowest BCUT2D eigenvalue weighted by Gasteiger charge is -2.55. The van der Waals surface area contributed by atoms with Crippen molar-refractivity contribution in [2.24, 2.45) is 7.05 Å². The average Bonchev–Trinajstić information content (AvgIpc) is 3.48. The van der Waals surface area contributed by atoms with Crippen molar-refractivity contribution >= 4 is 59.0 Å². The Morgan fingerprint density at radius 1 is 1.32 bits per heavy atom. The van der Waals surface area contributed by atoms with Crippen molar-refractivity contribution in [2.45, 2.75) is 22.0 Å². The average molecular weight is 588 g/mol. The molecule has 38 heavy (non-hydrogen) atoms. The fraction of sp³-hybridized carbons (Fsp3) is 0.474. The molecule has 0 aromatic carbocycles. The van der Waals surface area contributed by atoms with Crippen LogP contribution in [-0.2, 0) is 36.7 Å². The van der Waals surface area contributed by atoms with E-state index < -0.39 is 40.7 Å². The second-order valence-corrected chi connectivity index (χ2v) is 10.7. The van der Waals surface area contributed by atoms with E-state index in [4.69, 9.17) is 9.26 Å². The molecule has 0 unspecified atom stereocenters. The Bertz CT molecular complexity index is 1310. The van der Waals surface area contributed by atoms with E-state index in [1.54, 1.807) is 7.05 Å². The first-order valence-corrected chi connectivity index (χ1v) is 13.8. The summed E-state index contributed by atoms with van der Waals surface area (Å²) in [6.07, 6.45) is 0. The molecule has 0 bridgehead atoms. The van der Waals surface area contributed by atoms with Crippen LogP contribution in [-0.4, -0.2) is 107 Å². The molecule has 3 N–H and O–H groups in total. The van der Waals surface area contributed by atoms with E-state index in [1.807, 2.05) is 0 Å². The van der Waals surface area contributed by atoms with Crippen molar-refractivity contribution in [3.63, 3.8) is 0 Å². The molecular weight excluding hydrogens is 566 g/mol. The quantitative estimate of drug-likeness (QED) is 0.130. The number of carbonyl (C=O) groups is 4. The molecule has 2 atom stereocenters. The van der Waals surface area contributed by atoms with Crippen molar-refractivity contribution in [3.8, 4) is 5.88 Å². The molecule has 1 fully saturated rings. The number of aryl methyl sites for hydroxylation is 1. The second kappa shape index (κ2) is 11.2. The summed E-state index contributed by atoms with van der Waals surface area (Å²) >= 11 is 3.51. The minimum atomic E-state index is -1.75. The molecule has 2 amide bonds. The molecule has 2 aromatic heterocycles. The molecular formula is C19H21N7O9S3. The molecule has 0 radical (unpaired) electrons. The number of carboxylic acid groups (broad SMARTS) is 1. The van der Waals surface area contributed by atoms with Crippen LogP contribution in [0.4, 0.5) is 0 Å². The number of β-lactam (4-membered cyclic amide) rings is 1. The second-order valence-electron chi connectivity index (χ2n) is 7.75. The van der Waals surface area contributed by atoms with Crippen LogP contribution in [0.25, 0.3) is 0 Å². The van der Waals surface area contributed by atoms with Gasteiger partial charge in [0.1, 0.15) is 11.1 Å². The predicted molar refractivity (Wildman–Crippen MR) is 131 cm³/mol. The molecule has 2 aliphatic rings. The van der Waals surface area contributed by atoms with Crippen LogP contribution in [0.2, 0.25) is 0 Å². The number of fused-ring (bicyclic) bond motifs is 1. The maximum atomic E-state index is 13.2. The van der Waals surface area contributed by atoms with E-state index in [1.165, 1.54) is 35.3 Å². The molecule has 2 aromatic rings. The van der Waals surface area contributed by atoms with E-state index >= 15 is 0 Å². The van der Waals surface area contributed by atoms with Gasteiger partial charge in [-0.15, -0.1) is 28.6 Å². The minimum Gasteiger partial charge on any atom is -0.490 e. The molecule has 0 spiro atoms. The first kappa shape index (κ1) is 27.7. The van der Waals surface area contributed by atoms with Crippen LogP contribution >= 0.6 is 35.3 Å². The van der Waals surface area contributed by atoms with Crippen molar-refractivity contribution < 1.29 is 43.4 Å². The summed E-state index contributed by atoms with van der Waals surface area (Å²) in [4.78, 5) is 50.9. The van der Waals surface area contributed by atoms with Gasteiger partial charge in [0.2, 0.25) is 11.1 Å². The number of rotatable bonds is 11. The van der Waals surface area contributed by atoms with Gasteiger partial charge in [-0.1, -0.05) is 11.8 Å². The number of ether oxygens (including phenoxy) is 2. The number of thioether (sulfide) groups is 3. The maximum Gasteiger partial charge on any atom is 0.352 e. The number of hydrogen-bond donors (Lipinski definition) is 3. The van der Waals surface area contributed by atoms with Crippen molar-refractivity contribution in [1.82, 2.24) is 35.6 Å².